The second-order valence-corrected chi connectivity index (χ2v) is 7.04. The minimum atomic E-state index is -0.0549. The van der Waals surface area contributed by atoms with Gasteiger partial charge < -0.3 is 9.84 Å². The lowest BCUT2D eigenvalue weighted by Gasteiger charge is -2.38. The number of ether oxygens (including phenoxy) is 1. The van der Waals surface area contributed by atoms with Crippen molar-refractivity contribution in [2.45, 2.75) is 25.1 Å². The molecule has 2 aromatic carbocycles. The first kappa shape index (κ1) is 15.4. The highest BCUT2D eigenvalue weighted by atomic mass is 32.2. The average molecular weight is 340 g/mol. The van der Waals surface area contributed by atoms with Crippen LogP contribution in [0.15, 0.2) is 53.6 Å². The summed E-state index contributed by atoms with van der Waals surface area (Å²) in [6.07, 6.45) is 3.76. The number of thioether (sulfide) groups is 1. The third-order valence-electron chi connectivity index (χ3n) is 4.56. The Balaban J connectivity index is 1.71. The smallest absolute Gasteiger partial charge is 0.188 e. The highest BCUT2D eigenvalue weighted by molar-refractivity contribution is 7.98. The molecule has 0 aromatic heterocycles. The van der Waals surface area contributed by atoms with E-state index in [4.69, 9.17) is 9.84 Å². The molecule has 0 fully saturated rings. The highest BCUT2D eigenvalue weighted by Gasteiger charge is 2.40. The number of phenols is 1. The molecule has 5 heteroatoms. The van der Waals surface area contributed by atoms with E-state index < -0.39 is 0 Å². The van der Waals surface area contributed by atoms with Crippen LogP contribution in [0, 0.1) is 0 Å². The molecule has 0 saturated carbocycles. The zero-order valence-electron chi connectivity index (χ0n) is 13.6. The van der Waals surface area contributed by atoms with E-state index in [0.717, 1.165) is 35.6 Å². The van der Waals surface area contributed by atoms with Crippen molar-refractivity contribution >= 4 is 17.5 Å². The van der Waals surface area contributed by atoms with Crippen LogP contribution in [0.1, 0.15) is 30.0 Å². The largest absolute Gasteiger partial charge is 0.507 e. The maximum atomic E-state index is 10.2. The first-order valence-electron chi connectivity index (χ1n) is 8.16. The first-order valence-corrected chi connectivity index (χ1v) is 9.56. The molecule has 24 heavy (non-hydrogen) atoms. The molecule has 0 spiro atoms. The fourth-order valence-corrected chi connectivity index (χ4v) is 3.84. The highest BCUT2D eigenvalue weighted by Crippen LogP contribution is 2.44. The Kier molecular flexibility index (Phi) is 4.10. The van der Waals surface area contributed by atoms with E-state index in [-0.39, 0.29) is 18.0 Å². The molecule has 0 unspecified atom stereocenters. The van der Waals surface area contributed by atoms with E-state index in [1.54, 1.807) is 6.07 Å². The Labute approximate surface area is 146 Å². The molecule has 2 heterocycles. The van der Waals surface area contributed by atoms with Crippen LogP contribution in [0.2, 0.25) is 0 Å². The zero-order chi connectivity index (χ0) is 16.5. The van der Waals surface area contributed by atoms with Crippen molar-refractivity contribution in [1.29, 1.82) is 0 Å². The van der Waals surface area contributed by atoms with Gasteiger partial charge in [0.05, 0.1) is 11.8 Å². The Bertz CT molecular complexity index is 777. The average Bonchev–Trinajstić information content (AvgIpc) is 3.05. The van der Waals surface area contributed by atoms with Gasteiger partial charge in [0.1, 0.15) is 11.5 Å². The maximum absolute atomic E-state index is 10.2. The number of fused-ring (bicyclic) bond motifs is 3. The Hall–Kier alpha value is -2.14. The molecule has 124 valence electrons. The number of rotatable bonds is 4. The van der Waals surface area contributed by atoms with E-state index in [9.17, 15) is 5.11 Å². The van der Waals surface area contributed by atoms with Gasteiger partial charge in [-0.05, 0) is 30.2 Å². The van der Waals surface area contributed by atoms with Gasteiger partial charge >= 0.3 is 0 Å². The summed E-state index contributed by atoms with van der Waals surface area (Å²) in [5.74, 6) is 2.27. The third-order valence-corrected chi connectivity index (χ3v) is 5.21. The fourth-order valence-electron chi connectivity index (χ4n) is 3.40. The molecule has 4 rings (SSSR count). The lowest BCUT2D eigenvalue weighted by atomic mass is 9.96. The van der Waals surface area contributed by atoms with Crippen molar-refractivity contribution in [2.24, 2.45) is 5.10 Å². The summed E-state index contributed by atoms with van der Waals surface area (Å²) < 4.78 is 6.21. The maximum Gasteiger partial charge on any atom is 0.188 e. The molecular weight excluding hydrogens is 320 g/mol. The summed E-state index contributed by atoms with van der Waals surface area (Å²) in [4.78, 5) is 0. The normalized spacial score (nSPS) is 21.7. The van der Waals surface area contributed by atoms with Crippen LogP contribution in [-0.2, 0) is 0 Å². The van der Waals surface area contributed by atoms with Crippen LogP contribution in [0.3, 0.4) is 0 Å². The fraction of sp³-hybridized carbons (Fsp3) is 0.316. The topological polar surface area (TPSA) is 45.1 Å². The minimum Gasteiger partial charge on any atom is -0.507 e. The van der Waals surface area contributed by atoms with Gasteiger partial charge in [-0.1, -0.05) is 30.3 Å². The van der Waals surface area contributed by atoms with Gasteiger partial charge in [0.15, 0.2) is 6.23 Å². The van der Waals surface area contributed by atoms with Gasteiger partial charge in [0.2, 0.25) is 0 Å². The van der Waals surface area contributed by atoms with Gasteiger partial charge in [-0.2, -0.15) is 16.9 Å². The molecule has 2 atom stereocenters. The Morgan fingerprint density at radius 1 is 1.21 bits per heavy atom. The molecule has 0 aliphatic carbocycles. The molecule has 1 N–H and O–H groups in total. The van der Waals surface area contributed by atoms with Gasteiger partial charge in [-0.3, -0.25) is 5.01 Å². The van der Waals surface area contributed by atoms with Crippen molar-refractivity contribution in [1.82, 2.24) is 5.01 Å². The van der Waals surface area contributed by atoms with Crippen LogP contribution < -0.4 is 4.74 Å². The number of hydrogen-bond acceptors (Lipinski definition) is 5. The van der Waals surface area contributed by atoms with Gasteiger partial charge in [-0.25, -0.2) is 0 Å². The second kappa shape index (κ2) is 6.40. The molecule has 4 nitrogen and oxygen atoms in total. The molecule has 2 aromatic rings. The van der Waals surface area contributed by atoms with Crippen LogP contribution >= 0.6 is 11.8 Å². The van der Waals surface area contributed by atoms with E-state index in [2.05, 4.69) is 17.3 Å². The zero-order valence-corrected chi connectivity index (χ0v) is 14.4. The number of hydrazone groups is 1. The predicted molar refractivity (Wildman–Crippen MR) is 97.7 cm³/mol. The summed E-state index contributed by atoms with van der Waals surface area (Å²) in [6, 6.07) is 15.8. The molecule has 2 aliphatic heterocycles. The number of aromatic hydroxyl groups is 1. The van der Waals surface area contributed by atoms with E-state index in [1.807, 2.05) is 48.2 Å². The van der Waals surface area contributed by atoms with Gasteiger partial charge in [0, 0.05) is 24.0 Å². The Morgan fingerprint density at radius 2 is 2.00 bits per heavy atom. The van der Waals surface area contributed by atoms with Crippen molar-refractivity contribution in [3.63, 3.8) is 0 Å². The van der Waals surface area contributed by atoms with E-state index in [1.165, 1.54) is 5.56 Å². The van der Waals surface area contributed by atoms with Crippen LogP contribution in [0.4, 0.5) is 0 Å². The molecule has 2 aliphatic rings. The summed E-state index contributed by atoms with van der Waals surface area (Å²) in [5, 5.41) is 17.1. The SMILES string of the molecule is CSCC[C@H]1Oc2ccccc2[C@@H]2CC(c3ccccc3O)=NN12. The number of phenolic OH excluding ortho intramolecular Hbond substituents is 1. The van der Waals surface area contributed by atoms with E-state index in [0.29, 0.717) is 0 Å². The quantitative estimate of drug-likeness (QED) is 0.913. The van der Waals surface area contributed by atoms with Gasteiger partial charge in [0.25, 0.3) is 0 Å². The summed E-state index contributed by atoms with van der Waals surface area (Å²) in [6.45, 7) is 0. The van der Waals surface area contributed by atoms with Crippen molar-refractivity contribution < 1.29 is 9.84 Å². The number of para-hydroxylation sites is 2. The van der Waals surface area contributed by atoms with Gasteiger partial charge in [-0.15, -0.1) is 0 Å². The Morgan fingerprint density at radius 3 is 2.83 bits per heavy atom. The van der Waals surface area contributed by atoms with Crippen LogP contribution in [0.25, 0.3) is 0 Å². The number of nitrogens with zero attached hydrogens (tertiary/aromatic N) is 2. The molecule has 0 amide bonds. The molecular formula is C19H20N2O2S. The molecule has 0 saturated heterocycles. The lowest BCUT2D eigenvalue weighted by Crippen LogP contribution is -2.40. The van der Waals surface area contributed by atoms with Crippen LogP contribution in [0.5, 0.6) is 11.5 Å². The van der Waals surface area contributed by atoms with Crippen LogP contribution in [-0.4, -0.2) is 34.1 Å². The summed E-state index contributed by atoms with van der Waals surface area (Å²) in [5.41, 5.74) is 2.91. The predicted octanol–water partition coefficient (Wildman–Crippen LogP) is 4.01. The first-order chi connectivity index (χ1) is 11.8. The molecule has 0 bridgehead atoms. The number of benzene rings is 2. The second-order valence-electron chi connectivity index (χ2n) is 6.06. The molecule has 0 radical (unpaired) electrons. The monoisotopic (exact) mass is 340 g/mol. The standard InChI is InChI=1S/C19H20N2O2S/c1-24-11-10-19-21-16(14-7-3-5-9-18(14)23-19)12-15(20-21)13-6-2-4-8-17(13)22/h2-9,16,19,22H,10-12H2,1H3/t16-,19+/m0/s1. The minimum absolute atomic E-state index is 0.0549. The van der Waals surface area contributed by atoms with Crippen molar-refractivity contribution in [3.05, 3.63) is 59.7 Å². The number of hydrogen-bond donors (Lipinski definition) is 1. The van der Waals surface area contributed by atoms with Crippen molar-refractivity contribution in [2.75, 3.05) is 12.0 Å². The summed E-state index contributed by atoms with van der Waals surface area (Å²) in [7, 11) is 0. The summed E-state index contributed by atoms with van der Waals surface area (Å²) >= 11 is 1.82. The van der Waals surface area contributed by atoms with E-state index >= 15 is 0 Å². The van der Waals surface area contributed by atoms with Crippen molar-refractivity contribution in [3.8, 4) is 11.5 Å². The lowest BCUT2D eigenvalue weighted by molar-refractivity contribution is -0.0180. The third kappa shape index (κ3) is 2.63.